The first-order chi connectivity index (χ1) is 15.7. The summed E-state index contributed by atoms with van der Waals surface area (Å²) in [6.45, 7) is 2.34. The molecule has 0 spiro atoms. The van der Waals surface area contributed by atoms with E-state index >= 15 is 0 Å². The first-order valence-corrected chi connectivity index (χ1v) is 11.8. The summed E-state index contributed by atoms with van der Waals surface area (Å²) in [6.07, 6.45) is 8.27. The minimum absolute atomic E-state index is 0.0919. The Morgan fingerprint density at radius 1 is 1.00 bits per heavy atom. The van der Waals surface area contributed by atoms with E-state index in [-0.39, 0.29) is 5.91 Å². The fourth-order valence-electron chi connectivity index (χ4n) is 5.42. The summed E-state index contributed by atoms with van der Waals surface area (Å²) in [5, 5.41) is 4.87. The Labute approximate surface area is 190 Å². The second kappa shape index (κ2) is 9.19. The van der Waals surface area contributed by atoms with Crippen LogP contribution in [0.4, 0.5) is 0 Å². The number of nitrogens with zero attached hydrogens (tertiary/aromatic N) is 3. The van der Waals surface area contributed by atoms with Gasteiger partial charge in [-0.2, -0.15) is 5.10 Å². The molecule has 0 radical (unpaired) electrons. The molecular weight excluding hydrogens is 398 g/mol. The van der Waals surface area contributed by atoms with E-state index in [0.717, 1.165) is 42.3 Å². The second-order valence-corrected chi connectivity index (χ2v) is 9.12. The fraction of sp³-hybridized carbons (Fsp3) is 0.407. The SMILES string of the molecule is COc1ccccc1-c1nn(Cc2ccccc2)cc1C(=O)N1CC[C@@H]2CCCC[C@H]2C1. The number of hydrogen-bond acceptors (Lipinski definition) is 3. The molecular formula is C27H31N3O2. The van der Waals surface area contributed by atoms with E-state index in [9.17, 15) is 4.79 Å². The second-order valence-electron chi connectivity index (χ2n) is 9.12. The minimum atomic E-state index is 0.0919. The third-order valence-electron chi connectivity index (χ3n) is 7.12. The molecule has 1 aliphatic carbocycles. The maximum absolute atomic E-state index is 13.8. The van der Waals surface area contributed by atoms with Crippen molar-refractivity contribution in [2.45, 2.75) is 38.6 Å². The van der Waals surface area contributed by atoms with Gasteiger partial charge in [-0.1, -0.05) is 61.7 Å². The van der Waals surface area contributed by atoms with Gasteiger partial charge in [0.2, 0.25) is 0 Å². The van der Waals surface area contributed by atoms with Crippen LogP contribution >= 0.6 is 0 Å². The lowest BCUT2D eigenvalue weighted by Gasteiger charge is -2.41. The van der Waals surface area contributed by atoms with Gasteiger partial charge in [0.15, 0.2) is 0 Å². The molecule has 5 rings (SSSR count). The van der Waals surface area contributed by atoms with Gasteiger partial charge in [0.05, 0.1) is 19.2 Å². The van der Waals surface area contributed by atoms with E-state index in [1.807, 2.05) is 53.3 Å². The lowest BCUT2D eigenvalue weighted by molar-refractivity contribution is 0.0521. The summed E-state index contributed by atoms with van der Waals surface area (Å²) in [5.74, 6) is 2.27. The van der Waals surface area contributed by atoms with Crippen molar-refractivity contribution in [1.29, 1.82) is 0 Å². The average molecular weight is 430 g/mol. The maximum Gasteiger partial charge on any atom is 0.257 e. The molecule has 2 atom stereocenters. The summed E-state index contributed by atoms with van der Waals surface area (Å²) in [7, 11) is 1.66. The molecule has 166 valence electrons. The van der Waals surface area contributed by atoms with Gasteiger partial charge in [-0.15, -0.1) is 0 Å². The molecule has 1 aliphatic heterocycles. The summed E-state index contributed by atoms with van der Waals surface area (Å²) in [4.78, 5) is 15.8. The first-order valence-electron chi connectivity index (χ1n) is 11.8. The molecule has 1 amide bonds. The molecule has 5 nitrogen and oxygen atoms in total. The van der Waals surface area contributed by atoms with E-state index in [4.69, 9.17) is 9.84 Å². The topological polar surface area (TPSA) is 47.4 Å². The van der Waals surface area contributed by atoms with Gasteiger partial charge >= 0.3 is 0 Å². The molecule has 5 heteroatoms. The summed E-state index contributed by atoms with van der Waals surface area (Å²) >= 11 is 0. The standard InChI is InChI=1S/C27H31N3O2/c1-32-25-14-8-7-13-23(25)26-24(19-30(28-26)17-20-9-3-2-4-10-20)27(31)29-16-15-21-11-5-6-12-22(21)18-29/h2-4,7-10,13-14,19,21-22H,5-6,11-12,15-18H2,1H3/t21-,22-/m0/s1. The number of ether oxygens (including phenoxy) is 1. The van der Waals surface area contributed by atoms with Crippen molar-refractivity contribution < 1.29 is 9.53 Å². The highest BCUT2D eigenvalue weighted by molar-refractivity contribution is 6.00. The molecule has 0 bridgehead atoms. The highest BCUT2D eigenvalue weighted by Crippen LogP contribution is 2.37. The van der Waals surface area contributed by atoms with Crippen LogP contribution < -0.4 is 4.74 Å². The molecule has 32 heavy (non-hydrogen) atoms. The fourth-order valence-corrected chi connectivity index (χ4v) is 5.42. The van der Waals surface area contributed by atoms with E-state index in [1.165, 1.54) is 25.7 Å². The normalized spacial score (nSPS) is 20.6. The van der Waals surface area contributed by atoms with Gasteiger partial charge in [0.25, 0.3) is 5.91 Å². The summed E-state index contributed by atoms with van der Waals surface area (Å²) in [6, 6.07) is 18.1. The van der Waals surface area contributed by atoms with E-state index < -0.39 is 0 Å². The Balaban J connectivity index is 1.49. The average Bonchev–Trinajstić information content (AvgIpc) is 3.27. The van der Waals surface area contributed by atoms with Crippen LogP contribution in [-0.4, -0.2) is 40.8 Å². The minimum Gasteiger partial charge on any atom is -0.496 e. The van der Waals surface area contributed by atoms with E-state index in [0.29, 0.717) is 23.7 Å². The van der Waals surface area contributed by atoms with Crippen LogP contribution in [0.5, 0.6) is 5.75 Å². The molecule has 3 aromatic rings. The third kappa shape index (κ3) is 4.16. The largest absolute Gasteiger partial charge is 0.496 e. The highest BCUT2D eigenvalue weighted by Gasteiger charge is 2.34. The number of piperidine rings is 1. The van der Waals surface area contributed by atoms with Crippen molar-refractivity contribution in [3.63, 3.8) is 0 Å². The van der Waals surface area contributed by atoms with Crippen molar-refractivity contribution in [3.05, 3.63) is 71.9 Å². The Morgan fingerprint density at radius 3 is 2.56 bits per heavy atom. The number of methoxy groups -OCH3 is 1. The number of aromatic nitrogens is 2. The zero-order valence-electron chi connectivity index (χ0n) is 18.7. The number of rotatable bonds is 5. The molecule has 2 aromatic carbocycles. The Hall–Kier alpha value is -3.08. The molecule has 1 saturated carbocycles. The number of para-hydroxylation sites is 1. The Kier molecular flexibility index (Phi) is 5.97. The molecule has 2 aliphatic rings. The number of fused-ring (bicyclic) bond motifs is 1. The molecule has 2 fully saturated rings. The smallest absolute Gasteiger partial charge is 0.257 e. The monoisotopic (exact) mass is 429 g/mol. The van der Waals surface area contributed by atoms with Gasteiger partial charge in [-0.3, -0.25) is 9.48 Å². The van der Waals surface area contributed by atoms with Gasteiger partial charge in [-0.05, 0) is 42.4 Å². The third-order valence-corrected chi connectivity index (χ3v) is 7.12. The molecule has 2 heterocycles. The van der Waals surface area contributed by atoms with Crippen molar-refractivity contribution in [2.75, 3.05) is 20.2 Å². The van der Waals surface area contributed by atoms with Crippen molar-refractivity contribution >= 4 is 5.91 Å². The van der Waals surface area contributed by atoms with Crippen LogP contribution in [0, 0.1) is 11.8 Å². The van der Waals surface area contributed by atoms with Crippen LogP contribution in [0.25, 0.3) is 11.3 Å². The lowest BCUT2D eigenvalue weighted by Crippen LogP contribution is -2.44. The molecule has 0 unspecified atom stereocenters. The Bertz CT molecular complexity index is 1080. The first kappa shape index (κ1) is 20.8. The van der Waals surface area contributed by atoms with Crippen molar-refractivity contribution in [2.24, 2.45) is 11.8 Å². The number of benzene rings is 2. The van der Waals surface area contributed by atoms with Gasteiger partial charge in [0.1, 0.15) is 11.4 Å². The molecule has 1 aromatic heterocycles. The molecule has 0 N–H and O–H groups in total. The highest BCUT2D eigenvalue weighted by atomic mass is 16.5. The predicted octanol–water partition coefficient (Wildman–Crippen LogP) is 5.26. The molecule has 1 saturated heterocycles. The van der Waals surface area contributed by atoms with Gasteiger partial charge in [-0.25, -0.2) is 0 Å². The van der Waals surface area contributed by atoms with E-state index in [1.54, 1.807) is 7.11 Å². The van der Waals surface area contributed by atoms with Gasteiger partial charge < -0.3 is 9.64 Å². The van der Waals surface area contributed by atoms with Crippen LogP contribution in [-0.2, 0) is 6.54 Å². The van der Waals surface area contributed by atoms with Gasteiger partial charge in [0, 0.05) is 24.8 Å². The van der Waals surface area contributed by atoms with Crippen LogP contribution in [0.1, 0.15) is 48.0 Å². The maximum atomic E-state index is 13.8. The van der Waals surface area contributed by atoms with Crippen molar-refractivity contribution in [3.8, 4) is 17.0 Å². The zero-order valence-corrected chi connectivity index (χ0v) is 18.7. The lowest BCUT2D eigenvalue weighted by atomic mass is 9.75. The van der Waals surface area contributed by atoms with E-state index in [2.05, 4.69) is 17.0 Å². The number of carbonyl (C=O) groups excluding carboxylic acids is 1. The van der Waals surface area contributed by atoms with Crippen LogP contribution in [0.2, 0.25) is 0 Å². The zero-order chi connectivity index (χ0) is 21.9. The summed E-state index contributed by atoms with van der Waals surface area (Å²) < 4.78 is 7.49. The van der Waals surface area contributed by atoms with Crippen LogP contribution in [0.3, 0.4) is 0 Å². The number of hydrogen-bond donors (Lipinski definition) is 0. The number of carbonyl (C=O) groups is 1. The van der Waals surface area contributed by atoms with Crippen molar-refractivity contribution in [1.82, 2.24) is 14.7 Å². The summed E-state index contributed by atoms with van der Waals surface area (Å²) in [5.41, 5.74) is 3.38. The number of likely N-dealkylation sites (tertiary alicyclic amines) is 1. The van der Waals surface area contributed by atoms with Crippen LogP contribution in [0.15, 0.2) is 60.8 Å². The Morgan fingerprint density at radius 2 is 1.75 bits per heavy atom. The predicted molar refractivity (Wildman–Crippen MR) is 126 cm³/mol. The quantitative estimate of drug-likeness (QED) is 0.556. The number of amides is 1.